The summed E-state index contributed by atoms with van der Waals surface area (Å²) in [7, 11) is 0. The van der Waals surface area contributed by atoms with Gasteiger partial charge in [0.15, 0.2) is 5.92 Å². The molecule has 0 aromatic heterocycles. The Bertz CT molecular complexity index is 727. The second-order valence-electron chi connectivity index (χ2n) is 7.98. The lowest BCUT2D eigenvalue weighted by atomic mass is 9.92. The second kappa shape index (κ2) is 11.2. The van der Waals surface area contributed by atoms with Gasteiger partial charge in [0.1, 0.15) is 12.2 Å². The molecule has 0 spiro atoms. The Balaban J connectivity index is 2.74. The van der Waals surface area contributed by atoms with Gasteiger partial charge in [0.2, 0.25) is 0 Å². The number of amides is 1. The third-order valence-electron chi connectivity index (χ3n) is 4.17. The molecule has 0 radical (unpaired) electrons. The quantitative estimate of drug-likeness (QED) is 0.386. The van der Waals surface area contributed by atoms with Crippen LogP contribution >= 0.6 is 0 Å². The molecule has 9 heteroatoms. The van der Waals surface area contributed by atoms with Crippen LogP contribution in [0.4, 0.5) is 4.79 Å². The van der Waals surface area contributed by atoms with Crippen molar-refractivity contribution in [2.24, 2.45) is 11.8 Å². The lowest BCUT2D eigenvalue weighted by Crippen LogP contribution is -2.48. The molecule has 0 aliphatic rings. The van der Waals surface area contributed by atoms with E-state index in [1.807, 2.05) is 30.3 Å². The number of ether oxygens (including phenoxy) is 2. The van der Waals surface area contributed by atoms with E-state index in [4.69, 9.17) is 9.47 Å². The van der Waals surface area contributed by atoms with Crippen molar-refractivity contribution in [1.29, 1.82) is 0 Å². The molecule has 2 unspecified atom stereocenters. The van der Waals surface area contributed by atoms with Gasteiger partial charge in [0, 0.05) is 0 Å². The van der Waals surface area contributed by atoms with E-state index in [1.165, 1.54) is 0 Å². The number of carboxylic acids is 2. The van der Waals surface area contributed by atoms with Gasteiger partial charge in [-0.05, 0) is 39.2 Å². The summed E-state index contributed by atoms with van der Waals surface area (Å²) in [6, 6.07) is 7.83. The van der Waals surface area contributed by atoms with E-state index in [9.17, 15) is 29.4 Å². The molecule has 0 saturated carbocycles. The number of aliphatic carboxylic acids is 2. The summed E-state index contributed by atoms with van der Waals surface area (Å²) in [5, 5.41) is 20.9. The zero-order valence-corrected chi connectivity index (χ0v) is 17.6. The zero-order chi connectivity index (χ0) is 22.9. The van der Waals surface area contributed by atoms with E-state index in [1.54, 1.807) is 27.7 Å². The van der Waals surface area contributed by atoms with Gasteiger partial charge >= 0.3 is 24.0 Å². The SMILES string of the molecule is CC(CCC(NC(=O)OC(C)(C)C)C(C(=O)O)C(=O)O)C(=O)OCc1ccccc1. The predicted molar refractivity (Wildman–Crippen MR) is 107 cm³/mol. The summed E-state index contributed by atoms with van der Waals surface area (Å²) in [6.07, 6.45) is -0.880. The first-order chi connectivity index (χ1) is 13.9. The molecule has 0 fully saturated rings. The molecule has 1 aromatic rings. The Hall–Kier alpha value is -3.10. The Morgan fingerprint density at radius 1 is 1.00 bits per heavy atom. The molecule has 1 aromatic carbocycles. The molecule has 166 valence electrons. The molecule has 1 rings (SSSR count). The Labute approximate surface area is 175 Å². The molecule has 1 amide bonds. The standard InChI is InChI=1S/C21H29NO8/c1-13(19(27)29-12-14-8-6-5-7-9-14)10-11-15(16(17(23)24)18(25)26)22-20(28)30-21(2,3)4/h5-9,13,15-16H,10-12H2,1-4H3,(H,22,28)(H,23,24)(H,25,26). The third kappa shape index (κ3) is 8.93. The highest BCUT2D eigenvalue weighted by molar-refractivity contribution is 5.94. The van der Waals surface area contributed by atoms with Gasteiger partial charge in [-0.3, -0.25) is 14.4 Å². The van der Waals surface area contributed by atoms with E-state index in [2.05, 4.69) is 5.32 Å². The lowest BCUT2D eigenvalue weighted by molar-refractivity contribution is -0.155. The minimum Gasteiger partial charge on any atom is -0.481 e. The van der Waals surface area contributed by atoms with Crippen LogP contribution in [-0.4, -0.2) is 45.9 Å². The van der Waals surface area contributed by atoms with Crippen LogP contribution < -0.4 is 5.32 Å². The fourth-order valence-electron chi connectivity index (χ4n) is 2.65. The molecule has 0 aliphatic heterocycles. The van der Waals surface area contributed by atoms with Crippen LogP contribution in [0.5, 0.6) is 0 Å². The van der Waals surface area contributed by atoms with Crippen LogP contribution in [0.25, 0.3) is 0 Å². The molecular formula is C21H29NO8. The number of hydrogen-bond donors (Lipinski definition) is 3. The molecule has 3 N–H and O–H groups in total. The van der Waals surface area contributed by atoms with Gasteiger partial charge < -0.3 is 25.0 Å². The van der Waals surface area contributed by atoms with Crippen LogP contribution in [0, 0.1) is 11.8 Å². The van der Waals surface area contributed by atoms with Crippen LogP contribution in [-0.2, 0) is 30.5 Å². The molecule has 0 bridgehead atoms. The maximum atomic E-state index is 12.2. The summed E-state index contributed by atoms with van der Waals surface area (Å²) >= 11 is 0. The average Bonchev–Trinajstić information content (AvgIpc) is 2.62. The van der Waals surface area contributed by atoms with Crippen LogP contribution in [0.2, 0.25) is 0 Å². The number of rotatable bonds is 10. The number of benzene rings is 1. The van der Waals surface area contributed by atoms with Gasteiger partial charge in [-0.15, -0.1) is 0 Å². The monoisotopic (exact) mass is 423 g/mol. The van der Waals surface area contributed by atoms with Gasteiger partial charge in [-0.25, -0.2) is 4.79 Å². The number of hydrogen-bond acceptors (Lipinski definition) is 6. The fourth-order valence-corrected chi connectivity index (χ4v) is 2.65. The van der Waals surface area contributed by atoms with Crippen molar-refractivity contribution in [3.63, 3.8) is 0 Å². The summed E-state index contributed by atoms with van der Waals surface area (Å²) < 4.78 is 10.3. The minimum atomic E-state index is -1.88. The Morgan fingerprint density at radius 2 is 1.57 bits per heavy atom. The van der Waals surface area contributed by atoms with Crippen molar-refractivity contribution in [1.82, 2.24) is 5.32 Å². The highest BCUT2D eigenvalue weighted by Crippen LogP contribution is 2.18. The number of esters is 1. The predicted octanol–water partition coefficient (Wildman–Crippen LogP) is 2.82. The lowest BCUT2D eigenvalue weighted by Gasteiger charge is -2.26. The summed E-state index contributed by atoms with van der Waals surface area (Å²) in [4.78, 5) is 47.1. The minimum absolute atomic E-state index is 0.0654. The highest BCUT2D eigenvalue weighted by atomic mass is 16.6. The average molecular weight is 423 g/mol. The van der Waals surface area contributed by atoms with Gasteiger partial charge in [0.05, 0.1) is 12.0 Å². The number of carbonyl (C=O) groups excluding carboxylic acids is 2. The maximum absolute atomic E-state index is 12.2. The van der Waals surface area contributed by atoms with E-state index in [0.717, 1.165) is 5.56 Å². The van der Waals surface area contributed by atoms with Crippen molar-refractivity contribution in [3.8, 4) is 0 Å². The second-order valence-corrected chi connectivity index (χ2v) is 7.98. The summed E-state index contributed by atoms with van der Waals surface area (Å²) in [5.41, 5.74) is -0.0233. The van der Waals surface area contributed by atoms with E-state index < -0.39 is 47.5 Å². The van der Waals surface area contributed by atoms with E-state index in [0.29, 0.717) is 0 Å². The van der Waals surface area contributed by atoms with Crippen molar-refractivity contribution >= 4 is 24.0 Å². The van der Waals surface area contributed by atoms with Crippen molar-refractivity contribution in [3.05, 3.63) is 35.9 Å². The van der Waals surface area contributed by atoms with Crippen molar-refractivity contribution in [2.45, 2.75) is 58.8 Å². The van der Waals surface area contributed by atoms with Crippen molar-refractivity contribution < 1.29 is 38.9 Å². The van der Waals surface area contributed by atoms with E-state index >= 15 is 0 Å². The smallest absolute Gasteiger partial charge is 0.407 e. The molecule has 9 nitrogen and oxygen atoms in total. The molecular weight excluding hydrogens is 394 g/mol. The Kier molecular flexibility index (Phi) is 9.29. The van der Waals surface area contributed by atoms with Gasteiger partial charge in [-0.2, -0.15) is 0 Å². The van der Waals surface area contributed by atoms with Gasteiger partial charge in [-0.1, -0.05) is 37.3 Å². The third-order valence-corrected chi connectivity index (χ3v) is 4.17. The molecule has 0 aliphatic carbocycles. The number of carboxylic acid groups (broad SMARTS) is 2. The van der Waals surface area contributed by atoms with E-state index in [-0.39, 0.29) is 19.4 Å². The molecule has 30 heavy (non-hydrogen) atoms. The first-order valence-corrected chi connectivity index (χ1v) is 9.56. The summed E-state index contributed by atoms with van der Waals surface area (Å²) in [6.45, 7) is 6.56. The van der Waals surface area contributed by atoms with Crippen molar-refractivity contribution in [2.75, 3.05) is 0 Å². The normalized spacial score (nSPS) is 13.2. The molecule has 0 saturated heterocycles. The Morgan fingerprint density at radius 3 is 2.07 bits per heavy atom. The summed E-state index contributed by atoms with van der Waals surface area (Å²) in [5.74, 6) is -6.20. The zero-order valence-electron chi connectivity index (χ0n) is 17.6. The topological polar surface area (TPSA) is 139 Å². The largest absolute Gasteiger partial charge is 0.481 e. The number of alkyl carbamates (subject to hydrolysis) is 1. The molecule has 0 heterocycles. The van der Waals surface area contributed by atoms with Gasteiger partial charge in [0.25, 0.3) is 0 Å². The molecule has 2 atom stereocenters. The maximum Gasteiger partial charge on any atom is 0.407 e. The van der Waals surface area contributed by atoms with Crippen LogP contribution in [0.15, 0.2) is 30.3 Å². The highest BCUT2D eigenvalue weighted by Gasteiger charge is 2.37. The first-order valence-electron chi connectivity index (χ1n) is 9.56. The number of nitrogens with one attached hydrogen (secondary N) is 1. The first kappa shape index (κ1) is 24.9. The van der Waals surface area contributed by atoms with Crippen LogP contribution in [0.1, 0.15) is 46.1 Å². The number of carbonyl (C=O) groups is 4. The fraction of sp³-hybridized carbons (Fsp3) is 0.524. The van der Waals surface area contributed by atoms with Crippen LogP contribution in [0.3, 0.4) is 0 Å².